The van der Waals surface area contributed by atoms with Crippen LogP contribution < -0.4 is 5.46 Å². The Morgan fingerprint density at radius 3 is 2.33 bits per heavy atom. The Bertz CT molecular complexity index is 614. The number of carbonyl (C=O) groups is 1. The van der Waals surface area contributed by atoms with Crippen LogP contribution in [-0.2, 0) is 4.74 Å². The van der Waals surface area contributed by atoms with E-state index in [0.717, 1.165) is 5.39 Å². The number of fused-ring (bicyclic) bond motifs is 1. The van der Waals surface area contributed by atoms with Crippen molar-refractivity contribution in [3.8, 4) is 0 Å². The van der Waals surface area contributed by atoms with Gasteiger partial charge in [-0.15, -0.1) is 0 Å². The monoisotopic (exact) mass is 291 g/mol. The highest BCUT2D eigenvalue weighted by Crippen LogP contribution is 2.16. The van der Waals surface area contributed by atoms with Crippen LogP contribution in [0.1, 0.15) is 34.6 Å². The van der Waals surface area contributed by atoms with Crippen molar-refractivity contribution in [3.05, 3.63) is 30.5 Å². The molecule has 2 aromatic rings. The molecule has 5 nitrogen and oxygen atoms in total. The smallest absolute Gasteiger partial charge is 0.443 e. The van der Waals surface area contributed by atoms with Gasteiger partial charge in [-0.3, -0.25) is 4.57 Å². The average Bonchev–Trinajstić information content (AvgIpc) is 2.82. The van der Waals surface area contributed by atoms with Crippen LogP contribution >= 0.6 is 0 Å². The van der Waals surface area contributed by atoms with Crippen LogP contribution in [0.15, 0.2) is 30.5 Å². The lowest BCUT2D eigenvalue weighted by Gasteiger charge is -2.20. The third-order valence-corrected chi connectivity index (χ3v) is 2.61. The Morgan fingerprint density at radius 1 is 1.19 bits per heavy atom. The third kappa shape index (κ3) is 4.09. The lowest BCUT2D eigenvalue weighted by atomic mass is 9.79. The van der Waals surface area contributed by atoms with Crippen molar-refractivity contribution < 1.29 is 19.6 Å². The summed E-state index contributed by atoms with van der Waals surface area (Å²) in [7, 11) is -1.64. The van der Waals surface area contributed by atoms with E-state index in [0.29, 0.717) is 5.52 Å². The first-order valence-corrected chi connectivity index (χ1v) is 6.99. The van der Waals surface area contributed by atoms with Gasteiger partial charge in [0.1, 0.15) is 5.60 Å². The molecule has 0 fully saturated rings. The molecule has 0 radical (unpaired) electrons. The summed E-state index contributed by atoms with van der Waals surface area (Å²) < 4.78 is 6.57. The molecule has 0 aliphatic rings. The summed E-state index contributed by atoms with van der Waals surface area (Å²) >= 11 is 0. The molecule has 0 unspecified atom stereocenters. The molecule has 0 spiro atoms. The van der Waals surface area contributed by atoms with Gasteiger partial charge in [0.25, 0.3) is 0 Å². The van der Waals surface area contributed by atoms with Gasteiger partial charge in [-0.05, 0) is 32.2 Å². The van der Waals surface area contributed by atoms with E-state index < -0.39 is 18.8 Å². The van der Waals surface area contributed by atoms with E-state index in [1.807, 2.05) is 13.8 Å². The standard InChI is InChI=1S/C13H16BNO4.C2H6/c1-13(2,3)19-12(16)15-8-7-9-5-4-6-10(11(9)15)14(17)18;1-2/h4-8,17-18H,1-3H3;1-2H3. The predicted octanol–water partition coefficient (Wildman–Crippen LogP) is 2.13. The summed E-state index contributed by atoms with van der Waals surface area (Å²) in [5, 5.41) is 19.5. The maximum atomic E-state index is 12.1. The topological polar surface area (TPSA) is 71.7 Å². The molecule has 1 aromatic carbocycles. The molecule has 1 aromatic heterocycles. The van der Waals surface area contributed by atoms with Crippen LogP contribution in [-0.4, -0.2) is 33.4 Å². The summed E-state index contributed by atoms with van der Waals surface area (Å²) in [6, 6.07) is 6.79. The molecule has 0 aliphatic heterocycles. The summed E-state index contributed by atoms with van der Waals surface area (Å²) in [5.41, 5.74) is 0.112. The van der Waals surface area contributed by atoms with E-state index >= 15 is 0 Å². The molecule has 0 atom stereocenters. The first kappa shape index (κ1) is 17.3. The highest BCUT2D eigenvalue weighted by atomic mass is 16.6. The van der Waals surface area contributed by atoms with Gasteiger partial charge in [-0.2, -0.15) is 0 Å². The molecule has 21 heavy (non-hydrogen) atoms. The van der Waals surface area contributed by atoms with E-state index in [1.54, 1.807) is 51.2 Å². The quantitative estimate of drug-likeness (QED) is 0.790. The molecule has 6 heteroatoms. The van der Waals surface area contributed by atoms with E-state index in [2.05, 4.69) is 0 Å². The molecule has 0 saturated carbocycles. The maximum absolute atomic E-state index is 12.1. The van der Waals surface area contributed by atoms with Crippen molar-refractivity contribution in [2.75, 3.05) is 0 Å². The zero-order valence-electron chi connectivity index (χ0n) is 13.1. The zero-order valence-corrected chi connectivity index (χ0v) is 13.1. The van der Waals surface area contributed by atoms with Gasteiger partial charge >= 0.3 is 13.2 Å². The van der Waals surface area contributed by atoms with Crippen molar-refractivity contribution in [1.82, 2.24) is 4.57 Å². The van der Waals surface area contributed by atoms with Gasteiger partial charge in [0, 0.05) is 11.7 Å². The van der Waals surface area contributed by atoms with Crippen molar-refractivity contribution in [1.29, 1.82) is 0 Å². The first-order chi connectivity index (χ1) is 9.79. The Balaban J connectivity index is 0.00000106. The molecule has 2 N–H and O–H groups in total. The van der Waals surface area contributed by atoms with Crippen LogP contribution in [0, 0.1) is 0 Å². The van der Waals surface area contributed by atoms with Crippen LogP contribution in [0.4, 0.5) is 4.79 Å². The zero-order chi connectivity index (χ0) is 16.2. The van der Waals surface area contributed by atoms with Crippen LogP contribution in [0.2, 0.25) is 0 Å². The second-order valence-electron chi connectivity index (χ2n) is 5.32. The Morgan fingerprint density at radius 2 is 1.81 bits per heavy atom. The number of ether oxygens (including phenoxy) is 1. The number of benzene rings is 1. The summed E-state index contributed by atoms with van der Waals surface area (Å²) in [5.74, 6) is 0. The fourth-order valence-electron chi connectivity index (χ4n) is 1.89. The van der Waals surface area contributed by atoms with E-state index in [9.17, 15) is 14.8 Å². The maximum Gasteiger partial charge on any atom is 0.490 e. The fourth-order valence-corrected chi connectivity index (χ4v) is 1.89. The van der Waals surface area contributed by atoms with Crippen LogP contribution in [0.3, 0.4) is 0 Å². The fraction of sp³-hybridized carbons (Fsp3) is 0.400. The number of hydrogen-bond donors (Lipinski definition) is 2. The van der Waals surface area contributed by atoms with E-state index in [-0.39, 0.29) is 5.46 Å². The lowest BCUT2D eigenvalue weighted by molar-refractivity contribution is 0.0544. The number of carbonyl (C=O) groups excluding carboxylic acids is 1. The summed E-state index contributed by atoms with van der Waals surface area (Å²) in [6.45, 7) is 9.33. The van der Waals surface area contributed by atoms with Gasteiger partial charge in [0.2, 0.25) is 0 Å². The Labute approximate surface area is 125 Å². The summed E-state index contributed by atoms with van der Waals surface area (Å²) in [6.07, 6.45) is 1.01. The molecule has 0 amide bonds. The molecular weight excluding hydrogens is 269 g/mol. The van der Waals surface area contributed by atoms with Gasteiger partial charge in [0.05, 0.1) is 5.52 Å². The number of para-hydroxylation sites is 1. The molecular formula is C15H22BNO4. The largest absolute Gasteiger partial charge is 0.490 e. The van der Waals surface area contributed by atoms with Crippen molar-refractivity contribution in [2.45, 2.75) is 40.2 Å². The lowest BCUT2D eigenvalue weighted by Crippen LogP contribution is -2.33. The van der Waals surface area contributed by atoms with Gasteiger partial charge in [-0.25, -0.2) is 4.79 Å². The predicted molar refractivity (Wildman–Crippen MR) is 84.7 cm³/mol. The molecule has 1 heterocycles. The number of rotatable bonds is 1. The molecule has 0 bridgehead atoms. The molecule has 0 saturated heterocycles. The highest BCUT2D eigenvalue weighted by Gasteiger charge is 2.23. The number of aromatic nitrogens is 1. The van der Waals surface area contributed by atoms with Crippen molar-refractivity contribution in [2.24, 2.45) is 0 Å². The SMILES string of the molecule is CC.CC(C)(C)OC(=O)n1ccc2cccc(B(O)O)c21. The normalized spacial score (nSPS) is 10.8. The van der Waals surface area contributed by atoms with Crippen LogP contribution in [0.25, 0.3) is 10.9 Å². The minimum absolute atomic E-state index is 0.272. The second kappa shape index (κ2) is 6.78. The van der Waals surface area contributed by atoms with E-state index in [4.69, 9.17) is 4.74 Å². The van der Waals surface area contributed by atoms with Crippen molar-refractivity contribution >= 4 is 29.6 Å². The van der Waals surface area contributed by atoms with E-state index in [1.165, 1.54) is 4.57 Å². The minimum atomic E-state index is -1.64. The first-order valence-electron chi connectivity index (χ1n) is 6.99. The van der Waals surface area contributed by atoms with Gasteiger partial charge in [0.15, 0.2) is 0 Å². The third-order valence-electron chi connectivity index (χ3n) is 2.61. The number of hydrogen-bond acceptors (Lipinski definition) is 4. The average molecular weight is 291 g/mol. The van der Waals surface area contributed by atoms with Gasteiger partial charge in [-0.1, -0.05) is 32.0 Å². The van der Waals surface area contributed by atoms with Crippen LogP contribution in [0.5, 0.6) is 0 Å². The highest BCUT2D eigenvalue weighted by molar-refractivity contribution is 6.61. The molecule has 0 aliphatic carbocycles. The summed E-state index contributed by atoms with van der Waals surface area (Å²) in [4.78, 5) is 12.1. The minimum Gasteiger partial charge on any atom is -0.443 e. The Kier molecular flexibility index (Phi) is 5.58. The van der Waals surface area contributed by atoms with Crippen molar-refractivity contribution in [3.63, 3.8) is 0 Å². The second-order valence-corrected chi connectivity index (χ2v) is 5.32. The Hall–Kier alpha value is -1.79. The molecule has 114 valence electrons. The van der Waals surface area contributed by atoms with Gasteiger partial charge < -0.3 is 14.8 Å². The molecule has 2 rings (SSSR count). The number of nitrogens with zero attached hydrogens (tertiary/aromatic N) is 1.